The van der Waals surface area contributed by atoms with E-state index in [4.69, 9.17) is 9.47 Å². The zero-order chi connectivity index (χ0) is 22.1. The highest BCUT2D eigenvalue weighted by atomic mass is 19.1. The highest BCUT2D eigenvalue weighted by Gasteiger charge is 2.14. The fourth-order valence-electron chi connectivity index (χ4n) is 2.54. The topological polar surface area (TPSA) is 89.0 Å². The summed E-state index contributed by atoms with van der Waals surface area (Å²) < 4.78 is 23.7. The molecule has 0 heterocycles. The van der Waals surface area contributed by atoms with Gasteiger partial charge in [-0.25, -0.2) is 9.82 Å². The van der Waals surface area contributed by atoms with Gasteiger partial charge >= 0.3 is 11.8 Å². The van der Waals surface area contributed by atoms with Crippen molar-refractivity contribution in [2.24, 2.45) is 5.10 Å². The Kier molecular flexibility index (Phi) is 7.31. The first-order valence-electron chi connectivity index (χ1n) is 9.30. The van der Waals surface area contributed by atoms with Crippen molar-refractivity contribution in [3.05, 3.63) is 89.7 Å². The van der Waals surface area contributed by atoms with Crippen molar-refractivity contribution in [1.29, 1.82) is 0 Å². The smallest absolute Gasteiger partial charge is 0.329 e. The summed E-state index contributed by atoms with van der Waals surface area (Å²) >= 11 is 0. The highest BCUT2D eigenvalue weighted by Crippen LogP contribution is 2.22. The maximum atomic E-state index is 12.9. The second-order valence-corrected chi connectivity index (χ2v) is 6.34. The average molecular weight is 421 g/mol. The van der Waals surface area contributed by atoms with Gasteiger partial charge in [-0.2, -0.15) is 5.10 Å². The second kappa shape index (κ2) is 10.5. The molecule has 0 bridgehead atoms. The molecule has 0 aliphatic heterocycles. The molecular weight excluding hydrogens is 401 g/mol. The van der Waals surface area contributed by atoms with Crippen LogP contribution in [-0.2, 0) is 16.2 Å². The van der Waals surface area contributed by atoms with Gasteiger partial charge in [0.25, 0.3) is 0 Å². The lowest BCUT2D eigenvalue weighted by molar-refractivity contribution is -0.136. The summed E-state index contributed by atoms with van der Waals surface area (Å²) in [7, 11) is 1.47. The largest absolute Gasteiger partial charge is 0.495 e. The van der Waals surface area contributed by atoms with Crippen molar-refractivity contribution in [2.45, 2.75) is 6.61 Å². The minimum absolute atomic E-state index is 0.295. The number of para-hydroxylation sites is 2. The highest BCUT2D eigenvalue weighted by molar-refractivity contribution is 6.39. The predicted octanol–water partition coefficient (Wildman–Crippen LogP) is 3.50. The van der Waals surface area contributed by atoms with Crippen LogP contribution in [0.4, 0.5) is 10.1 Å². The number of methoxy groups -OCH3 is 1. The van der Waals surface area contributed by atoms with Crippen LogP contribution >= 0.6 is 0 Å². The molecule has 8 heteroatoms. The van der Waals surface area contributed by atoms with Crippen molar-refractivity contribution in [3.63, 3.8) is 0 Å². The first-order chi connectivity index (χ1) is 15.0. The van der Waals surface area contributed by atoms with Crippen LogP contribution in [0.5, 0.6) is 11.5 Å². The van der Waals surface area contributed by atoms with Crippen molar-refractivity contribution < 1.29 is 23.5 Å². The Labute approximate surface area is 178 Å². The van der Waals surface area contributed by atoms with Gasteiger partial charge < -0.3 is 14.8 Å². The number of anilines is 1. The number of nitrogens with zero attached hydrogens (tertiary/aromatic N) is 1. The van der Waals surface area contributed by atoms with Gasteiger partial charge in [0.05, 0.1) is 19.0 Å². The Bertz CT molecular complexity index is 1070. The lowest BCUT2D eigenvalue weighted by Crippen LogP contribution is -2.32. The summed E-state index contributed by atoms with van der Waals surface area (Å²) in [5, 5.41) is 6.25. The Morgan fingerprint density at radius 2 is 1.68 bits per heavy atom. The number of halogens is 1. The van der Waals surface area contributed by atoms with E-state index in [0.717, 1.165) is 5.56 Å². The van der Waals surface area contributed by atoms with Crippen LogP contribution in [-0.4, -0.2) is 25.1 Å². The van der Waals surface area contributed by atoms with E-state index in [1.54, 1.807) is 60.7 Å². The third kappa shape index (κ3) is 6.40. The van der Waals surface area contributed by atoms with Crippen molar-refractivity contribution in [3.8, 4) is 11.5 Å². The van der Waals surface area contributed by atoms with Crippen LogP contribution in [0, 0.1) is 5.82 Å². The van der Waals surface area contributed by atoms with E-state index in [9.17, 15) is 14.0 Å². The third-order valence-electron chi connectivity index (χ3n) is 4.14. The van der Waals surface area contributed by atoms with E-state index in [1.807, 2.05) is 0 Å². The summed E-state index contributed by atoms with van der Waals surface area (Å²) in [6.45, 7) is 0.311. The van der Waals surface area contributed by atoms with Crippen molar-refractivity contribution in [1.82, 2.24) is 5.43 Å². The Hall–Kier alpha value is -4.20. The van der Waals surface area contributed by atoms with Gasteiger partial charge in [0, 0.05) is 0 Å². The number of rotatable bonds is 7. The molecular formula is C23H20FN3O4. The summed E-state index contributed by atoms with van der Waals surface area (Å²) in [4.78, 5) is 23.9. The molecule has 0 aliphatic carbocycles. The van der Waals surface area contributed by atoms with Gasteiger partial charge in [0.15, 0.2) is 0 Å². The number of hydrogen-bond acceptors (Lipinski definition) is 5. The molecule has 158 valence electrons. The zero-order valence-electron chi connectivity index (χ0n) is 16.7. The van der Waals surface area contributed by atoms with Gasteiger partial charge in [0.2, 0.25) is 0 Å². The number of carbonyl (C=O) groups is 2. The van der Waals surface area contributed by atoms with Crippen LogP contribution in [0.1, 0.15) is 11.1 Å². The van der Waals surface area contributed by atoms with Gasteiger partial charge in [-0.15, -0.1) is 0 Å². The van der Waals surface area contributed by atoms with Crippen molar-refractivity contribution >= 4 is 23.7 Å². The first-order valence-corrected chi connectivity index (χ1v) is 9.30. The minimum atomic E-state index is -0.915. The van der Waals surface area contributed by atoms with Crippen LogP contribution < -0.4 is 20.2 Å². The lowest BCUT2D eigenvalue weighted by atomic mass is 10.2. The summed E-state index contributed by atoms with van der Waals surface area (Å²) in [5.74, 6) is -1.01. The zero-order valence-corrected chi connectivity index (χ0v) is 16.7. The average Bonchev–Trinajstić information content (AvgIpc) is 2.80. The predicted molar refractivity (Wildman–Crippen MR) is 115 cm³/mol. The molecule has 31 heavy (non-hydrogen) atoms. The second-order valence-electron chi connectivity index (χ2n) is 6.34. The van der Waals surface area contributed by atoms with Gasteiger partial charge in [-0.05, 0) is 59.7 Å². The molecule has 3 aromatic rings. The Morgan fingerprint density at radius 3 is 2.39 bits per heavy atom. The quantitative estimate of drug-likeness (QED) is 0.347. The molecule has 0 atom stereocenters. The van der Waals surface area contributed by atoms with Crippen LogP contribution in [0.3, 0.4) is 0 Å². The molecule has 0 aliphatic rings. The molecule has 2 N–H and O–H groups in total. The van der Waals surface area contributed by atoms with E-state index >= 15 is 0 Å². The van der Waals surface area contributed by atoms with Crippen LogP contribution in [0.25, 0.3) is 0 Å². The van der Waals surface area contributed by atoms with E-state index < -0.39 is 11.8 Å². The molecule has 0 saturated heterocycles. The monoisotopic (exact) mass is 421 g/mol. The Morgan fingerprint density at radius 1 is 0.968 bits per heavy atom. The molecule has 3 aromatic carbocycles. The summed E-state index contributed by atoms with van der Waals surface area (Å²) in [5.41, 5.74) is 4.09. The molecule has 2 amide bonds. The van der Waals surface area contributed by atoms with E-state index in [1.165, 1.54) is 25.5 Å². The normalized spacial score (nSPS) is 10.5. The molecule has 0 unspecified atom stereocenters. The third-order valence-corrected chi connectivity index (χ3v) is 4.14. The number of carbonyl (C=O) groups excluding carboxylic acids is 2. The number of nitrogens with one attached hydrogen (secondary N) is 2. The number of hydrogen-bond donors (Lipinski definition) is 2. The molecule has 0 fully saturated rings. The van der Waals surface area contributed by atoms with Crippen LogP contribution in [0.2, 0.25) is 0 Å². The Balaban J connectivity index is 1.48. The van der Waals surface area contributed by atoms with Gasteiger partial charge in [0.1, 0.15) is 23.9 Å². The first kappa shape index (κ1) is 21.5. The maximum absolute atomic E-state index is 12.9. The molecule has 0 radical (unpaired) electrons. The molecule has 3 rings (SSSR count). The number of hydrazone groups is 1. The van der Waals surface area contributed by atoms with Crippen molar-refractivity contribution in [2.75, 3.05) is 12.4 Å². The molecule has 0 spiro atoms. The van der Waals surface area contributed by atoms with Gasteiger partial charge in [-0.3, -0.25) is 9.59 Å². The van der Waals surface area contributed by atoms with E-state index in [0.29, 0.717) is 29.4 Å². The standard InChI is InChI=1S/C23H20FN3O4/c1-30-21-5-3-2-4-20(21)26-22(28)23(29)27-25-14-16-8-12-19(13-9-16)31-15-17-6-10-18(24)11-7-17/h2-14H,15H2,1H3,(H,26,28)(H,27,29)/b25-14-. The van der Waals surface area contributed by atoms with E-state index in [2.05, 4.69) is 15.8 Å². The molecule has 0 saturated carbocycles. The number of amides is 2. The van der Waals surface area contributed by atoms with E-state index in [-0.39, 0.29) is 5.82 Å². The number of ether oxygens (including phenoxy) is 2. The minimum Gasteiger partial charge on any atom is -0.495 e. The number of benzene rings is 3. The maximum Gasteiger partial charge on any atom is 0.329 e. The van der Waals surface area contributed by atoms with Crippen LogP contribution in [0.15, 0.2) is 77.9 Å². The fraction of sp³-hybridized carbons (Fsp3) is 0.0870. The molecule has 7 nitrogen and oxygen atoms in total. The van der Waals surface area contributed by atoms with Gasteiger partial charge in [-0.1, -0.05) is 24.3 Å². The molecule has 0 aromatic heterocycles. The summed E-state index contributed by atoms with van der Waals surface area (Å²) in [6.07, 6.45) is 1.40. The summed E-state index contributed by atoms with van der Waals surface area (Å²) in [6, 6.07) is 19.8. The fourth-order valence-corrected chi connectivity index (χ4v) is 2.54. The lowest BCUT2D eigenvalue weighted by Gasteiger charge is -2.08. The SMILES string of the molecule is COc1ccccc1NC(=O)C(=O)N/N=C\c1ccc(OCc2ccc(F)cc2)cc1.